The van der Waals surface area contributed by atoms with Gasteiger partial charge < -0.3 is 4.84 Å². The molecule has 0 amide bonds. The second-order valence-corrected chi connectivity index (χ2v) is 2.72. The van der Waals surface area contributed by atoms with Gasteiger partial charge in [0, 0.05) is 6.42 Å². The number of oxime groups is 1. The fourth-order valence-electron chi connectivity index (χ4n) is 0.613. The minimum absolute atomic E-state index is 0.323. The molecule has 0 fully saturated rings. The van der Waals surface area contributed by atoms with Gasteiger partial charge in [0.2, 0.25) is 0 Å². The number of hydrogen-bond donors (Lipinski definition) is 0. The van der Waals surface area contributed by atoms with Gasteiger partial charge in [-0.3, -0.25) is 0 Å². The summed E-state index contributed by atoms with van der Waals surface area (Å²) in [5, 5.41) is 3.72. The monoisotopic (exact) mass is 177 g/mol. The minimum Gasteiger partial charge on any atom is -0.391 e. The maximum atomic E-state index is 4.96. The van der Waals surface area contributed by atoms with Crippen LogP contribution in [-0.4, -0.2) is 10.7 Å². The Morgan fingerprint density at radius 2 is 2.75 bits per heavy atom. The standard InChI is InChI=1S/C5H8BrNO/c1-2-4-3-5(6)7-8-4/h4H,2-3H2,1H3. The molecule has 0 saturated carbocycles. The van der Waals surface area contributed by atoms with Crippen LogP contribution >= 0.6 is 15.9 Å². The van der Waals surface area contributed by atoms with E-state index >= 15 is 0 Å². The molecular formula is C5H8BrNO. The molecule has 0 radical (unpaired) electrons. The highest BCUT2D eigenvalue weighted by Gasteiger charge is 2.15. The van der Waals surface area contributed by atoms with Crippen LogP contribution in [0.3, 0.4) is 0 Å². The molecule has 1 aliphatic heterocycles. The Balaban J connectivity index is 2.32. The van der Waals surface area contributed by atoms with Crippen LogP contribution in [0.25, 0.3) is 0 Å². The molecule has 0 bridgehead atoms. The SMILES string of the molecule is CCC1CC(Br)=NO1. The average Bonchev–Trinajstić information content (AvgIpc) is 2.14. The lowest BCUT2D eigenvalue weighted by atomic mass is 10.2. The van der Waals surface area contributed by atoms with Gasteiger partial charge in [-0.15, -0.1) is 0 Å². The van der Waals surface area contributed by atoms with Gasteiger partial charge >= 0.3 is 0 Å². The van der Waals surface area contributed by atoms with Crippen LogP contribution in [0.1, 0.15) is 19.8 Å². The largest absolute Gasteiger partial charge is 0.391 e. The first-order chi connectivity index (χ1) is 3.83. The van der Waals surface area contributed by atoms with E-state index < -0.39 is 0 Å². The summed E-state index contributed by atoms with van der Waals surface area (Å²) in [5.74, 6) is 0. The summed E-state index contributed by atoms with van der Waals surface area (Å²) in [5.41, 5.74) is 0. The van der Waals surface area contributed by atoms with Crippen molar-refractivity contribution >= 4 is 20.6 Å². The third kappa shape index (κ3) is 1.22. The predicted octanol–water partition coefficient (Wildman–Crippen LogP) is 1.89. The normalized spacial score (nSPS) is 27.2. The molecular weight excluding hydrogens is 170 g/mol. The van der Waals surface area contributed by atoms with E-state index in [0.717, 1.165) is 17.5 Å². The molecule has 1 heterocycles. The Labute approximate surface area is 57.0 Å². The molecule has 1 unspecified atom stereocenters. The fraction of sp³-hybridized carbons (Fsp3) is 0.800. The Morgan fingerprint density at radius 1 is 2.00 bits per heavy atom. The number of rotatable bonds is 1. The zero-order chi connectivity index (χ0) is 5.98. The molecule has 2 nitrogen and oxygen atoms in total. The molecule has 0 saturated heterocycles. The highest BCUT2D eigenvalue weighted by molar-refractivity contribution is 9.18. The van der Waals surface area contributed by atoms with Gasteiger partial charge in [0.1, 0.15) is 10.7 Å². The smallest absolute Gasteiger partial charge is 0.133 e. The molecule has 3 heteroatoms. The van der Waals surface area contributed by atoms with Crippen molar-refractivity contribution in [2.24, 2.45) is 5.16 Å². The summed E-state index contributed by atoms with van der Waals surface area (Å²) in [7, 11) is 0. The molecule has 46 valence electrons. The van der Waals surface area contributed by atoms with E-state index in [1.54, 1.807) is 0 Å². The quantitative estimate of drug-likeness (QED) is 0.600. The molecule has 1 aliphatic rings. The van der Waals surface area contributed by atoms with Crippen molar-refractivity contribution in [3.63, 3.8) is 0 Å². The summed E-state index contributed by atoms with van der Waals surface area (Å²) in [6.07, 6.45) is 2.30. The molecule has 0 spiro atoms. The molecule has 1 rings (SSSR count). The molecule has 0 aromatic carbocycles. The fourth-order valence-corrected chi connectivity index (χ4v) is 1.06. The van der Waals surface area contributed by atoms with Crippen LogP contribution in [-0.2, 0) is 4.84 Å². The molecule has 1 atom stereocenters. The van der Waals surface area contributed by atoms with Gasteiger partial charge in [0.25, 0.3) is 0 Å². The third-order valence-corrected chi connectivity index (χ3v) is 1.62. The molecule has 8 heavy (non-hydrogen) atoms. The van der Waals surface area contributed by atoms with E-state index in [1.165, 1.54) is 0 Å². The summed E-state index contributed by atoms with van der Waals surface area (Å²) in [6.45, 7) is 2.09. The van der Waals surface area contributed by atoms with Crippen molar-refractivity contribution in [1.29, 1.82) is 0 Å². The number of hydrogen-bond acceptors (Lipinski definition) is 2. The zero-order valence-electron chi connectivity index (χ0n) is 4.72. The summed E-state index contributed by atoms with van der Waals surface area (Å²) >= 11 is 3.24. The Morgan fingerprint density at radius 3 is 3.00 bits per heavy atom. The molecule has 0 aliphatic carbocycles. The van der Waals surface area contributed by atoms with Crippen LogP contribution in [0.5, 0.6) is 0 Å². The first-order valence-corrected chi connectivity index (χ1v) is 3.50. The highest BCUT2D eigenvalue weighted by Crippen LogP contribution is 2.15. The van der Waals surface area contributed by atoms with Crippen LogP contribution in [0.15, 0.2) is 5.16 Å². The number of nitrogens with zero attached hydrogens (tertiary/aromatic N) is 1. The Bertz CT molecular complexity index is 113. The zero-order valence-corrected chi connectivity index (χ0v) is 6.31. The van der Waals surface area contributed by atoms with Crippen molar-refractivity contribution in [3.8, 4) is 0 Å². The van der Waals surface area contributed by atoms with Crippen molar-refractivity contribution in [2.45, 2.75) is 25.9 Å². The third-order valence-electron chi connectivity index (χ3n) is 1.15. The molecule has 0 aromatic rings. The highest BCUT2D eigenvalue weighted by atomic mass is 79.9. The van der Waals surface area contributed by atoms with E-state index in [2.05, 4.69) is 28.0 Å². The van der Waals surface area contributed by atoms with Crippen molar-refractivity contribution < 1.29 is 4.84 Å². The molecule has 0 N–H and O–H groups in total. The Kier molecular flexibility index (Phi) is 1.89. The minimum atomic E-state index is 0.323. The second kappa shape index (κ2) is 2.49. The van der Waals surface area contributed by atoms with E-state index in [0.29, 0.717) is 6.10 Å². The van der Waals surface area contributed by atoms with Gasteiger partial charge in [0.15, 0.2) is 0 Å². The van der Waals surface area contributed by atoms with E-state index in [-0.39, 0.29) is 0 Å². The predicted molar refractivity (Wildman–Crippen MR) is 36.1 cm³/mol. The van der Waals surface area contributed by atoms with Gasteiger partial charge in [-0.25, -0.2) is 0 Å². The first kappa shape index (κ1) is 6.08. The lowest BCUT2D eigenvalue weighted by Crippen LogP contribution is -2.02. The van der Waals surface area contributed by atoms with Crippen molar-refractivity contribution in [3.05, 3.63) is 0 Å². The van der Waals surface area contributed by atoms with Gasteiger partial charge in [0.05, 0.1) is 0 Å². The maximum absolute atomic E-state index is 4.96. The van der Waals surface area contributed by atoms with Crippen LogP contribution in [0.2, 0.25) is 0 Å². The van der Waals surface area contributed by atoms with Crippen LogP contribution < -0.4 is 0 Å². The Hall–Kier alpha value is -0.0500. The van der Waals surface area contributed by atoms with Crippen molar-refractivity contribution in [1.82, 2.24) is 0 Å². The van der Waals surface area contributed by atoms with E-state index in [9.17, 15) is 0 Å². The molecule has 0 aromatic heterocycles. The lowest BCUT2D eigenvalue weighted by Gasteiger charge is -2.00. The topological polar surface area (TPSA) is 21.6 Å². The van der Waals surface area contributed by atoms with Crippen molar-refractivity contribution in [2.75, 3.05) is 0 Å². The van der Waals surface area contributed by atoms with E-state index in [4.69, 9.17) is 4.84 Å². The number of halogens is 1. The summed E-state index contributed by atoms with van der Waals surface area (Å²) in [4.78, 5) is 4.96. The lowest BCUT2D eigenvalue weighted by molar-refractivity contribution is 0.0829. The van der Waals surface area contributed by atoms with Crippen LogP contribution in [0, 0.1) is 0 Å². The average molecular weight is 178 g/mol. The first-order valence-electron chi connectivity index (χ1n) is 2.71. The second-order valence-electron chi connectivity index (χ2n) is 1.81. The van der Waals surface area contributed by atoms with E-state index in [1.807, 2.05) is 0 Å². The maximum Gasteiger partial charge on any atom is 0.133 e. The summed E-state index contributed by atoms with van der Waals surface area (Å²) < 4.78 is 0.935. The van der Waals surface area contributed by atoms with Gasteiger partial charge in [-0.1, -0.05) is 12.1 Å². The van der Waals surface area contributed by atoms with Gasteiger partial charge in [-0.05, 0) is 22.4 Å². The van der Waals surface area contributed by atoms with Crippen LogP contribution in [0.4, 0.5) is 0 Å². The van der Waals surface area contributed by atoms with Gasteiger partial charge in [-0.2, -0.15) is 0 Å². The summed E-state index contributed by atoms with van der Waals surface area (Å²) in [6, 6.07) is 0.